The maximum absolute atomic E-state index is 11.0. The van der Waals surface area contributed by atoms with Crippen molar-refractivity contribution >= 4 is 22.3 Å². The molecule has 2 unspecified atom stereocenters. The van der Waals surface area contributed by atoms with Crippen molar-refractivity contribution in [1.29, 1.82) is 5.26 Å². The molecule has 3 aromatic heterocycles. The van der Waals surface area contributed by atoms with E-state index in [1.165, 1.54) is 19.2 Å². The summed E-state index contributed by atoms with van der Waals surface area (Å²) in [5.74, 6) is 0.402. The van der Waals surface area contributed by atoms with E-state index in [0.29, 0.717) is 29.4 Å². The van der Waals surface area contributed by atoms with E-state index >= 15 is 0 Å². The lowest BCUT2D eigenvalue weighted by Crippen LogP contribution is -2.19. The summed E-state index contributed by atoms with van der Waals surface area (Å²) >= 11 is -2.40. The van der Waals surface area contributed by atoms with Crippen molar-refractivity contribution in [1.82, 2.24) is 29.5 Å². The van der Waals surface area contributed by atoms with Crippen LogP contribution in [0.2, 0.25) is 0 Å². The molecule has 2 N–H and O–H groups in total. The number of nitriles is 1. The van der Waals surface area contributed by atoms with E-state index in [-0.39, 0.29) is 12.6 Å². The van der Waals surface area contributed by atoms with Crippen molar-refractivity contribution < 1.29 is 8.76 Å². The summed E-state index contributed by atoms with van der Waals surface area (Å²) in [7, 11) is 0. The zero-order chi connectivity index (χ0) is 19.5. The Bertz CT molecular complexity index is 1030. The molecule has 0 spiro atoms. The average molecular weight is 398 g/mol. The van der Waals surface area contributed by atoms with Crippen molar-refractivity contribution in [2.75, 3.05) is 0 Å². The number of hydrogen-bond acceptors (Lipinski definition) is 6. The number of aromatic nitrogens is 5. The Balaban J connectivity index is 1.79. The van der Waals surface area contributed by atoms with Crippen LogP contribution in [0, 0.1) is 17.2 Å². The van der Waals surface area contributed by atoms with Gasteiger partial charge in [-0.05, 0) is 24.8 Å². The summed E-state index contributed by atoms with van der Waals surface area (Å²) in [5.41, 5.74) is 2.71. The highest BCUT2D eigenvalue weighted by Crippen LogP contribution is 2.37. The lowest BCUT2D eigenvalue weighted by atomic mass is 9.96. The van der Waals surface area contributed by atoms with Crippen molar-refractivity contribution in [3.63, 3.8) is 0 Å². The first-order chi connectivity index (χ1) is 13.7. The molecule has 0 bridgehead atoms. The van der Waals surface area contributed by atoms with E-state index in [4.69, 9.17) is 0 Å². The van der Waals surface area contributed by atoms with Crippen molar-refractivity contribution in [2.24, 2.45) is 5.92 Å². The monoisotopic (exact) mass is 398 g/mol. The van der Waals surface area contributed by atoms with Crippen molar-refractivity contribution in [3.05, 3.63) is 30.5 Å². The number of nitrogens with zero attached hydrogens (tertiary/aromatic N) is 5. The van der Waals surface area contributed by atoms with Crippen LogP contribution in [-0.2, 0) is 17.8 Å². The van der Waals surface area contributed by atoms with Crippen molar-refractivity contribution in [2.45, 2.75) is 44.7 Å². The van der Waals surface area contributed by atoms with E-state index < -0.39 is 11.3 Å². The van der Waals surface area contributed by atoms with Gasteiger partial charge in [0, 0.05) is 34.6 Å². The molecular weight excluding hydrogens is 378 g/mol. The topological polar surface area (TPSA) is 135 Å². The molecule has 1 aliphatic rings. The summed E-state index contributed by atoms with van der Waals surface area (Å²) in [5, 5.41) is 14.8. The molecule has 1 fully saturated rings. The highest BCUT2D eigenvalue weighted by Gasteiger charge is 2.28. The van der Waals surface area contributed by atoms with Gasteiger partial charge in [0.25, 0.3) is 0 Å². The fourth-order valence-electron chi connectivity index (χ4n) is 4.05. The molecule has 1 aliphatic carbocycles. The number of aromatic amines is 1. The van der Waals surface area contributed by atoms with Crippen LogP contribution >= 0.6 is 0 Å². The average Bonchev–Trinajstić information content (AvgIpc) is 3.44. The molecule has 9 nitrogen and oxygen atoms in total. The Morgan fingerprint density at radius 2 is 2.25 bits per heavy atom. The summed E-state index contributed by atoms with van der Waals surface area (Å²) in [6.45, 7) is 0.0539. The molecule has 0 saturated heterocycles. The van der Waals surface area contributed by atoms with Gasteiger partial charge in [0.1, 0.15) is 12.0 Å². The van der Waals surface area contributed by atoms with E-state index in [9.17, 15) is 14.0 Å². The molecule has 1 saturated carbocycles. The summed E-state index contributed by atoms with van der Waals surface area (Å²) in [6.07, 6.45) is 10.0. The SMILES string of the molecule is N#CCC(C1CCCC1)n1cc(-c2ncnc3[nH]ccc23)c(CNS(=O)[O-])n1. The normalized spacial score (nSPS) is 17.0. The molecule has 4 rings (SSSR count). The Labute approximate surface area is 164 Å². The van der Waals surface area contributed by atoms with E-state index in [1.54, 1.807) is 6.20 Å². The summed E-state index contributed by atoms with van der Waals surface area (Å²) in [6, 6.07) is 4.14. The van der Waals surface area contributed by atoms with Crippen LogP contribution in [0.25, 0.3) is 22.3 Å². The summed E-state index contributed by atoms with van der Waals surface area (Å²) in [4.78, 5) is 11.7. The van der Waals surface area contributed by atoms with Gasteiger partial charge in [-0.15, -0.1) is 0 Å². The van der Waals surface area contributed by atoms with Gasteiger partial charge in [-0.1, -0.05) is 12.8 Å². The standard InChI is InChI=1S/C18H21N7O2S/c19-7-5-16(12-3-1-2-4-12)25-10-14(15(24-25)9-23-28(26)27)17-13-6-8-20-18(13)22-11-21-17/h6,8,10-12,16,23H,1-5,9H2,(H,26,27)(H,20,21,22)/p-1. The van der Waals surface area contributed by atoms with Gasteiger partial charge in [-0.25, -0.2) is 14.7 Å². The predicted octanol–water partition coefficient (Wildman–Crippen LogP) is 2.35. The van der Waals surface area contributed by atoms with Crippen LogP contribution in [0.15, 0.2) is 24.8 Å². The van der Waals surface area contributed by atoms with E-state index in [2.05, 4.69) is 30.8 Å². The molecule has 146 valence electrons. The zero-order valence-corrected chi connectivity index (χ0v) is 16.0. The first-order valence-corrected chi connectivity index (χ1v) is 10.3. The molecule has 2 atom stereocenters. The molecule has 0 amide bonds. The van der Waals surface area contributed by atoms with Crippen LogP contribution < -0.4 is 4.72 Å². The Morgan fingerprint density at radius 3 is 3.00 bits per heavy atom. The van der Waals surface area contributed by atoms with Gasteiger partial charge >= 0.3 is 0 Å². The highest BCUT2D eigenvalue weighted by molar-refractivity contribution is 7.77. The van der Waals surface area contributed by atoms with Crippen LogP contribution in [-0.4, -0.2) is 33.5 Å². The van der Waals surface area contributed by atoms with Crippen LogP contribution in [0.3, 0.4) is 0 Å². The van der Waals surface area contributed by atoms with Crippen LogP contribution in [0.5, 0.6) is 0 Å². The Morgan fingerprint density at radius 1 is 1.43 bits per heavy atom. The molecule has 3 aromatic rings. The van der Waals surface area contributed by atoms with Crippen LogP contribution in [0.4, 0.5) is 0 Å². The minimum Gasteiger partial charge on any atom is -0.760 e. The highest BCUT2D eigenvalue weighted by atomic mass is 32.2. The van der Waals surface area contributed by atoms with Gasteiger partial charge in [0.2, 0.25) is 0 Å². The quantitative estimate of drug-likeness (QED) is 0.586. The number of H-pyrrole nitrogens is 1. The number of hydrogen-bond donors (Lipinski definition) is 2. The van der Waals surface area contributed by atoms with Gasteiger partial charge in [0.15, 0.2) is 0 Å². The Kier molecular flexibility index (Phi) is 5.47. The van der Waals surface area contributed by atoms with Crippen LogP contribution in [0.1, 0.15) is 43.8 Å². The summed E-state index contributed by atoms with van der Waals surface area (Å²) < 4.78 is 26.3. The third-order valence-corrected chi connectivity index (χ3v) is 5.74. The lowest BCUT2D eigenvalue weighted by molar-refractivity contribution is 0.313. The number of rotatable bonds is 7. The second-order valence-corrected chi connectivity index (χ2v) is 7.72. The van der Waals surface area contributed by atoms with Crippen molar-refractivity contribution in [3.8, 4) is 17.3 Å². The molecular formula is C18H20N7O2S-. The van der Waals surface area contributed by atoms with Gasteiger partial charge in [-0.3, -0.25) is 8.89 Å². The first kappa shape index (κ1) is 18.7. The maximum Gasteiger partial charge on any atom is 0.141 e. The largest absolute Gasteiger partial charge is 0.760 e. The molecule has 3 heterocycles. The second-order valence-electron chi connectivity index (χ2n) is 6.96. The Hall–Kier alpha value is -2.61. The third-order valence-electron chi connectivity index (χ3n) is 5.36. The molecule has 0 aromatic carbocycles. The molecule has 0 aliphatic heterocycles. The number of fused-ring (bicyclic) bond motifs is 1. The molecule has 0 radical (unpaired) electrons. The maximum atomic E-state index is 11.0. The number of nitrogens with one attached hydrogen (secondary N) is 2. The lowest BCUT2D eigenvalue weighted by Gasteiger charge is -2.21. The minimum absolute atomic E-state index is 0.0266. The second kappa shape index (κ2) is 8.18. The smallest absolute Gasteiger partial charge is 0.141 e. The van der Waals surface area contributed by atoms with Gasteiger partial charge in [0.05, 0.1) is 36.5 Å². The van der Waals surface area contributed by atoms with E-state index in [0.717, 1.165) is 23.8 Å². The first-order valence-electron chi connectivity index (χ1n) is 9.23. The third kappa shape index (κ3) is 3.69. The van der Waals surface area contributed by atoms with E-state index in [1.807, 2.05) is 16.9 Å². The fraction of sp³-hybridized carbons (Fsp3) is 0.444. The van der Waals surface area contributed by atoms with Gasteiger partial charge in [-0.2, -0.15) is 10.4 Å². The molecule has 28 heavy (non-hydrogen) atoms. The minimum atomic E-state index is -2.40. The predicted molar refractivity (Wildman–Crippen MR) is 102 cm³/mol. The molecule has 10 heteroatoms. The van der Waals surface area contributed by atoms with Gasteiger partial charge < -0.3 is 9.54 Å². The zero-order valence-electron chi connectivity index (χ0n) is 15.2. The fourth-order valence-corrected chi connectivity index (χ4v) is 4.31.